The molecule has 172 valence electrons. The molecule has 3 aliphatic carbocycles. The first-order valence-electron chi connectivity index (χ1n) is 12.4. The van der Waals surface area contributed by atoms with Gasteiger partial charge in [0.05, 0.1) is 0 Å². The average Bonchev–Trinajstić information content (AvgIpc) is 2.55. The van der Waals surface area contributed by atoms with Gasteiger partial charge >= 0.3 is 194 Å². The first-order valence-corrected chi connectivity index (χ1v) is 19.8. The van der Waals surface area contributed by atoms with Crippen LogP contribution in [0.4, 0.5) is 0 Å². The molecule has 2 unspecified atom stereocenters. The van der Waals surface area contributed by atoms with Crippen molar-refractivity contribution in [1.29, 1.82) is 0 Å². The van der Waals surface area contributed by atoms with Gasteiger partial charge in [-0.05, 0) is 0 Å². The van der Waals surface area contributed by atoms with Gasteiger partial charge in [0, 0.05) is 0 Å². The molecule has 1 N–H and O–H groups in total. The molecule has 0 aliphatic heterocycles. The van der Waals surface area contributed by atoms with Crippen LogP contribution in [-0.4, -0.2) is 20.7 Å². The Hall–Kier alpha value is 0.907. The quantitative estimate of drug-likeness (QED) is 0.242. The van der Waals surface area contributed by atoms with Crippen molar-refractivity contribution in [3.8, 4) is 0 Å². The van der Waals surface area contributed by atoms with Gasteiger partial charge in [0.15, 0.2) is 0 Å². The summed E-state index contributed by atoms with van der Waals surface area (Å²) in [7, 11) is 0. The third-order valence-electron chi connectivity index (χ3n) is 10.5. The molecule has 3 heteroatoms. The fourth-order valence-electron chi connectivity index (χ4n) is 7.34. The number of fused-ring (bicyclic) bond motifs is 3. The second-order valence-corrected chi connectivity index (χ2v) is 29.8. The first kappa shape index (κ1) is 24.5. The van der Waals surface area contributed by atoms with E-state index in [0.29, 0.717) is 10.5 Å². The third kappa shape index (κ3) is 4.28. The van der Waals surface area contributed by atoms with Gasteiger partial charge in [0.25, 0.3) is 0 Å². The summed E-state index contributed by atoms with van der Waals surface area (Å²) in [5.74, 6) is 4.07. The van der Waals surface area contributed by atoms with E-state index in [0.717, 1.165) is 39.9 Å². The average molecular weight is 534 g/mol. The van der Waals surface area contributed by atoms with Crippen molar-refractivity contribution in [2.75, 3.05) is 0 Å². The van der Waals surface area contributed by atoms with Crippen molar-refractivity contribution in [1.82, 2.24) is 0 Å². The molecule has 29 heavy (non-hydrogen) atoms. The molecule has 3 rings (SSSR count). The summed E-state index contributed by atoms with van der Waals surface area (Å²) < 4.78 is 0.990. The molecule has 3 fully saturated rings. The van der Waals surface area contributed by atoms with E-state index < -0.39 is 5.57 Å². The molecule has 0 aromatic heterocycles. The monoisotopic (exact) mass is 533 g/mol. The molecule has 3 aliphatic rings. The van der Waals surface area contributed by atoms with E-state index in [-0.39, 0.29) is 31.9 Å². The Bertz CT molecular complexity index is 594. The molecule has 1 nitrogen and oxygen atoms in total. The topological polar surface area (TPSA) is 20.2 Å². The van der Waals surface area contributed by atoms with Gasteiger partial charge in [-0.1, -0.05) is 0 Å². The molecule has 0 heterocycles. The van der Waals surface area contributed by atoms with E-state index in [4.69, 9.17) is 0 Å². The number of hydrogen-bond acceptors (Lipinski definition) is 1. The number of aliphatic hydroxyl groups excluding tert-OH is 1. The summed E-state index contributed by atoms with van der Waals surface area (Å²) >= 11 is 0.235. The van der Waals surface area contributed by atoms with Gasteiger partial charge in [-0.2, -0.15) is 0 Å². The normalized spacial score (nSPS) is 46.0. The molecule has 2 bridgehead atoms. The molecular formula is C26H50IOSi-. The number of rotatable bonds is 2. The predicted molar refractivity (Wildman–Crippen MR) is 125 cm³/mol. The maximum absolute atomic E-state index is 11.1. The summed E-state index contributed by atoms with van der Waals surface area (Å²) in [6, 6.07) is 0. The molecule has 0 radical (unpaired) electrons. The van der Waals surface area contributed by atoms with Crippen LogP contribution in [0.5, 0.6) is 0 Å². The number of halogens is 1. The van der Waals surface area contributed by atoms with E-state index in [1.807, 2.05) is 0 Å². The van der Waals surface area contributed by atoms with Crippen LogP contribution in [0.1, 0.15) is 93.9 Å². The zero-order chi connectivity index (χ0) is 22.0. The fourth-order valence-corrected chi connectivity index (χ4v) is 21.5. The van der Waals surface area contributed by atoms with Gasteiger partial charge in [-0.15, -0.1) is 0 Å². The summed E-state index contributed by atoms with van der Waals surface area (Å²) in [5, 5.41) is 11.7. The van der Waals surface area contributed by atoms with E-state index in [1.165, 1.54) is 32.1 Å². The van der Waals surface area contributed by atoms with E-state index in [9.17, 15) is 5.11 Å². The van der Waals surface area contributed by atoms with Crippen molar-refractivity contribution >= 4 is 5.57 Å². The Morgan fingerprint density at radius 1 is 0.862 bits per heavy atom. The molecular weight excluding hydrogens is 483 g/mol. The minimum absolute atomic E-state index is 0.0746. The van der Waals surface area contributed by atoms with Crippen molar-refractivity contribution in [2.24, 2.45) is 40.4 Å². The number of aliphatic hydroxyl groups is 1. The third-order valence-corrected chi connectivity index (χ3v) is 28.2. The zero-order valence-electron chi connectivity index (χ0n) is 21.1. The van der Waals surface area contributed by atoms with Crippen molar-refractivity contribution in [3.63, 3.8) is 0 Å². The zero-order valence-corrected chi connectivity index (χ0v) is 24.3. The molecule has 0 saturated heterocycles. The first-order chi connectivity index (χ1) is 13.1. The maximum atomic E-state index is 11.1. The van der Waals surface area contributed by atoms with Crippen LogP contribution in [-0.2, 0) is 0 Å². The Kier molecular flexibility index (Phi) is 6.81. The molecule has 0 amide bonds. The van der Waals surface area contributed by atoms with Crippen LogP contribution in [0.2, 0.25) is 18.1 Å². The summed E-state index contributed by atoms with van der Waals surface area (Å²) in [6.45, 7) is 25.8. The SMILES string of the molecule is C[C@@H]1CCC(O)[C@@]2(C)CC[C@H]3[C@H](C)CC([I-][Si](C)(C)C(C)(C)C)[C@@H](C[C@H]12)C3(C)C. The second kappa shape index (κ2) is 8.04. The Balaban J connectivity index is 1.99. The summed E-state index contributed by atoms with van der Waals surface area (Å²) in [6.07, 6.45) is 7.67. The molecule has 8 atom stereocenters. The van der Waals surface area contributed by atoms with Gasteiger partial charge in [0.1, 0.15) is 0 Å². The van der Waals surface area contributed by atoms with Crippen LogP contribution < -0.4 is 20.4 Å². The second-order valence-electron chi connectivity index (χ2n) is 13.6. The summed E-state index contributed by atoms with van der Waals surface area (Å²) in [4.78, 5) is 0. The Morgan fingerprint density at radius 3 is 2.07 bits per heavy atom. The van der Waals surface area contributed by atoms with Crippen LogP contribution in [0.25, 0.3) is 0 Å². The number of hydrogen-bond donors (Lipinski definition) is 1. The number of alkyl halides is 1. The van der Waals surface area contributed by atoms with Crippen LogP contribution in [0.3, 0.4) is 0 Å². The fraction of sp³-hybridized carbons (Fsp3) is 1.00. The minimum atomic E-state index is -1.20. The van der Waals surface area contributed by atoms with E-state index in [2.05, 4.69) is 68.5 Å². The predicted octanol–water partition coefficient (Wildman–Crippen LogP) is 4.34. The van der Waals surface area contributed by atoms with Crippen LogP contribution in [0, 0.1) is 40.4 Å². The van der Waals surface area contributed by atoms with Crippen molar-refractivity contribution in [2.45, 2.75) is 122 Å². The molecule has 0 aromatic carbocycles. The molecule has 0 spiro atoms. The standard InChI is InChI=1S/C26H50IOSi/c1-17-11-12-23(28)26(8)14-13-19-18(2)15-22(27-29(9,10)24(3,4)5)21(16-20(17)26)25(19,6)7/h17-23,28H,11-16H2,1-10H3/q-1/t17-,18-,19+,20-,21-,22?,23?,26+/m1/s1. The molecule has 0 aromatic rings. The van der Waals surface area contributed by atoms with Gasteiger partial charge in [-0.25, -0.2) is 0 Å². The molecule has 3 saturated carbocycles. The van der Waals surface area contributed by atoms with Gasteiger partial charge in [0.2, 0.25) is 0 Å². The van der Waals surface area contributed by atoms with Crippen LogP contribution in [0.15, 0.2) is 0 Å². The van der Waals surface area contributed by atoms with E-state index in [1.54, 1.807) is 0 Å². The van der Waals surface area contributed by atoms with Crippen molar-refractivity contribution in [3.05, 3.63) is 0 Å². The van der Waals surface area contributed by atoms with Crippen molar-refractivity contribution < 1.29 is 25.5 Å². The van der Waals surface area contributed by atoms with Crippen LogP contribution >= 0.6 is 0 Å². The summed E-state index contributed by atoms with van der Waals surface area (Å²) in [5.41, 5.74) is -0.581. The Labute approximate surface area is 192 Å². The Morgan fingerprint density at radius 2 is 1.48 bits per heavy atom. The van der Waals surface area contributed by atoms with Gasteiger partial charge in [-0.3, -0.25) is 0 Å². The van der Waals surface area contributed by atoms with Gasteiger partial charge < -0.3 is 0 Å². The van der Waals surface area contributed by atoms with E-state index >= 15 is 0 Å².